The van der Waals surface area contributed by atoms with Gasteiger partial charge in [-0.1, -0.05) is 0 Å². The molecule has 0 fully saturated rings. The number of aromatic amines is 1. The predicted molar refractivity (Wildman–Crippen MR) is 96.2 cm³/mol. The zero-order valence-electron chi connectivity index (χ0n) is 13.7. The summed E-state index contributed by atoms with van der Waals surface area (Å²) in [5, 5.41) is 4.06. The minimum Gasteiger partial charge on any atom is -0.355 e. The average Bonchev–Trinajstić information content (AvgIpc) is 3.31. The Hall–Kier alpha value is -2.54. The van der Waals surface area contributed by atoms with Crippen molar-refractivity contribution >= 4 is 17.2 Å². The van der Waals surface area contributed by atoms with E-state index >= 15 is 0 Å². The Balaban J connectivity index is 1.37. The molecule has 0 saturated carbocycles. The maximum atomic E-state index is 12.4. The number of H-pyrrole nitrogens is 1. The van der Waals surface area contributed by atoms with Crippen LogP contribution in [0.1, 0.15) is 22.7 Å². The van der Waals surface area contributed by atoms with Crippen molar-refractivity contribution in [1.82, 2.24) is 25.3 Å². The molecule has 2 N–H and O–H groups in total. The van der Waals surface area contributed by atoms with E-state index in [2.05, 4.69) is 20.3 Å². The van der Waals surface area contributed by atoms with Gasteiger partial charge in [0.15, 0.2) is 0 Å². The predicted octanol–water partition coefficient (Wildman–Crippen LogP) is 2.39. The maximum Gasteiger partial charge on any atom is 0.223 e. The quantitative estimate of drug-likeness (QED) is 0.738. The summed E-state index contributed by atoms with van der Waals surface area (Å²) < 4.78 is 0. The topological polar surface area (TPSA) is 83.6 Å². The van der Waals surface area contributed by atoms with E-state index in [-0.39, 0.29) is 11.8 Å². The largest absolute Gasteiger partial charge is 0.355 e. The van der Waals surface area contributed by atoms with Gasteiger partial charge in [0.2, 0.25) is 5.91 Å². The van der Waals surface area contributed by atoms with Gasteiger partial charge in [0.1, 0.15) is 5.01 Å². The number of aryl methyl sites for hydroxylation is 1. The number of rotatable bonds is 5. The fourth-order valence-electron chi connectivity index (χ4n) is 3.11. The van der Waals surface area contributed by atoms with Gasteiger partial charge in [0.05, 0.1) is 12.0 Å². The van der Waals surface area contributed by atoms with Crippen molar-refractivity contribution in [1.29, 1.82) is 0 Å². The number of aromatic nitrogens is 4. The number of pyridine rings is 1. The fraction of sp³-hybridized carbons (Fsp3) is 0.333. The molecule has 0 aromatic carbocycles. The van der Waals surface area contributed by atoms with Crippen LogP contribution in [0.15, 0.2) is 37.1 Å². The Morgan fingerprint density at radius 2 is 2.20 bits per heavy atom. The number of carbonyl (C=O) groups excluding carboxylic acids is 1. The molecule has 1 atom stereocenters. The van der Waals surface area contributed by atoms with Crippen molar-refractivity contribution in [3.8, 4) is 10.6 Å². The van der Waals surface area contributed by atoms with Crippen LogP contribution in [0.4, 0.5) is 0 Å². The van der Waals surface area contributed by atoms with E-state index in [9.17, 15) is 4.79 Å². The van der Waals surface area contributed by atoms with Crippen LogP contribution in [-0.4, -0.2) is 32.4 Å². The van der Waals surface area contributed by atoms with E-state index in [1.165, 1.54) is 4.88 Å². The van der Waals surface area contributed by atoms with Crippen molar-refractivity contribution < 1.29 is 4.79 Å². The lowest BCUT2D eigenvalue weighted by molar-refractivity contribution is -0.125. The number of imidazole rings is 1. The SMILES string of the molecule is O=C(NCCc1cnc[nH]1)C1CCc2sc(-c3ccncc3)nc2C1. The second kappa shape index (κ2) is 7.14. The number of carbonyl (C=O) groups is 1. The summed E-state index contributed by atoms with van der Waals surface area (Å²) in [6.07, 6.45) is 10.3. The molecule has 0 spiro atoms. The molecule has 0 bridgehead atoms. The molecule has 6 nitrogen and oxygen atoms in total. The van der Waals surface area contributed by atoms with E-state index in [0.717, 1.165) is 47.6 Å². The number of amides is 1. The molecule has 1 aliphatic rings. The highest BCUT2D eigenvalue weighted by Gasteiger charge is 2.27. The lowest BCUT2D eigenvalue weighted by Crippen LogP contribution is -2.35. The van der Waals surface area contributed by atoms with Crippen LogP contribution < -0.4 is 5.32 Å². The van der Waals surface area contributed by atoms with Gasteiger partial charge in [-0.25, -0.2) is 9.97 Å². The standard InChI is InChI=1S/C18H19N5OS/c24-17(21-8-5-14-10-20-11-22-14)13-1-2-16-15(9-13)23-18(25-16)12-3-6-19-7-4-12/h3-4,6-7,10-11,13H,1-2,5,8-9H2,(H,20,22)(H,21,24). The van der Waals surface area contributed by atoms with Crippen molar-refractivity contribution in [2.45, 2.75) is 25.7 Å². The lowest BCUT2D eigenvalue weighted by atomic mass is 9.90. The summed E-state index contributed by atoms with van der Waals surface area (Å²) in [6, 6.07) is 3.95. The fourth-order valence-corrected chi connectivity index (χ4v) is 4.22. The van der Waals surface area contributed by atoms with Crippen LogP contribution in [0.25, 0.3) is 10.6 Å². The number of nitrogens with zero attached hydrogens (tertiary/aromatic N) is 3. The molecule has 4 rings (SSSR count). The molecule has 1 unspecified atom stereocenters. The van der Waals surface area contributed by atoms with Crippen molar-refractivity contribution in [3.05, 3.63) is 53.3 Å². The first-order chi connectivity index (χ1) is 12.3. The Morgan fingerprint density at radius 3 is 3.00 bits per heavy atom. The van der Waals surface area contributed by atoms with Gasteiger partial charge in [-0.2, -0.15) is 0 Å². The molecule has 3 aromatic heterocycles. The van der Waals surface area contributed by atoms with E-state index in [1.807, 2.05) is 12.1 Å². The molecular weight excluding hydrogens is 334 g/mol. The van der Waals surface area contributed by atoms with Gasteiger partial charge in [-0.15, -0.1) is 11.3 Å². The van der Waals surface area contributed by atoms with Crippen LogP contribution in [0.2, 0.25) is 0 Å². The summed E-state index contributed by atoms with van der Waals surface area (Å²) in [4.78, 5) is 29.6. The third-order valence-electron chi connectivity index (χ3n) is 4.48. The molecule has 25 heavy (non-hydrogen) atoms. The summed E-state index contributed by atoms with van der Waals surface area (Å²) in [5.74, 6) is 0.144. The molecule has 128 valence electrons. The molecule has 1 amide bonds. The molecule has 0 radical (unpaired) electrons. The van der Waals surface area contributed by atoms with Gasteiger partial charge in [0, 0.05) is 60.0 Å². The first-order valence-corrected chi connectivity index (χ1v) is 9.25. The average molecular weight is 353 g/mol. The van der Waals surface area contributed by atoms with Crippen LogP contribution in [-0.2, 0) is 24.1 Å². The third kappa shape index (κ3) is 3.61. The lowest BCUT2D eigenvalue weighted by Gasteiger charge is -2.20. The zero-order chi connectivity index (χ0) is 17.1. The first kappa shape index (κ1) is 16.0. The Morgan fingerprint density at radius 1 is 1.32 bits per heavy atom. The van der Waals surface area contributed by atoms with Gasteiger partial charge in [-0.05, 0) is 25.0 Å². The van der Waals surface area contributed by atoms with Crippen molar-refractivity contribution in [2.75, 3.05) is 6.54 Å². The van der Waals surface area contributed by atoms with Crippen LogP contribution in [0.5, 0.6) is 0 Å². The van der Waals surface area contributed by atoms with E-state index in [4.69, 9.17) is 4.98 Å². The molecule has 3 heterocycles. The van der Waals surface area contributed by atoms with Gasteiger partial charge < -0.3 is 10.3 Å². The molecular formula is C18H19N5OS. The Bertz CT molecular complexity index is 844. The summed E-state index contributed by atoms with van der Waals surface area (Å²) in [7, 11) is 0. The monoisotopic (exact) mass is 353 g/mol. The summed E-state index contributed by atoms with van der Waals surface area (Å²) >= 11 is 1.74. The van der Waals surface area contributed by atoms with Crippen LogP contribution in [0, 0.1) is 5.92 Å². The van der Waals surface area contributed by atoms with E-state index < -0.39 is 0 Å². The molecule has 0 aliphatic heterocycles. The molecule has 0 saturated heterocycles. The van der Waals surface area contributed by atoms with E-state index in [1.54, 1.807) is 36.3 Å². The first-order valence-electron chi connectivity index (χ1n) is 8.43. The Labute approximate surface area is 149 Å². The number of hydrogen-bond acceptors (Lipinski definition) is 5. The maximum absolute atomic E-state index is 12.4. The second-order valence-electron chi connectivity index (χ2n) is 6.18. The highest BCUT2D eigenvalue weighted by atomic mass is 32.1. The molecule has 1 aliphatic carbocycles. The summed E-state index contributed by atoms with van der Waals surface area (Å²) in [5.41, 5.74) is 3.21. The van der Waals surface area contributed by atoms with Crippen LogP contribution >= 0.6 is 11.3 Å². The molecule has 3 aromatic rings. The minimum absolute atomic E-state index is 0.0154. The highest BCUT2D eigenvalue weighted by molar-refractivity contribution is 7.15. The number of fused-ring (bicyclic) bond motifs is 1. The van der Waals surface area contributed by atoms with E-state index in [0.29, 0.717) is 6.54 Å². The summed E-state index contributed by atoms with van der Waals surface area (Å²) in [6.45, 7) is 0.629. The second-order valence-corrected chi connectivity index (χ2v) is 7.27. The van der Waals surface area contributed by atoms with Crippen molar-refractivity contribution in [2.24, 2.45) is 5.92 Å². The van der Waals surface area contributed by atoms with Gasteiger partial charge in [0.25, 0.3) is 0 Å². The molecule has 7 heteroatoms. The third-order valence-corrected chi connectivity index (χ3v) is 5.69. The number of nitrogens with one attached hydrogen (secondary N) is 2. The minimum atomic E-state index is 0.0154. The number of thiazole rings is 1. The smallest absolute Gasteiger partial charge is 0.223 e. The van der Waals surface area contributed by atoms with Gasteiger partial charge in [-0.3, -0.25) is 9.78 Å². The zero-order valence-corrected chi connectivity index (χ0v) is 14.6. The van der Waals surface area contributed by atoms with Gasteiger partial charge >= 0.3 is 0 Å². The highest BCUT2D eigenvalue weighted by Crippen LogP contribution is 2.34. The van der Waals surface area contributed by atoms with Crippen LogP contribution in [0.3, 0.4) is 0 Å². The number of hydrogen-bond donors (Lipinski definition) is 2. The normalized spacial score (nSPS) is 16.4. The Kier molecular flexibility index (Phi) is 4.56. The van der Waals surface area contributed by atoms with Crippen molar-refractivity contribution in [3.63, 3.8) is 0 Å².